The van der Waals surface area contributed by atoms with Gasteiger partial charge in [0.2, 0.25) is 47.3 Å². The average molecular weight is 1400 g/mol. The Morgan fingerprint density at radius 2 is 0.354 bits per heavy atom. The Kier molecular flexibility index (Phi) is 73.1. The third-order valence-electron chi connectivity index (χ3n) is 19.6. The van der Waals surface area contributed by atoms with Crippen molar-refractivity contribution in [2.45, 2.75) is 444 Å². The molecule has 0 radical (unpaired) electrons. The first-order valence-electron chi connectivity index (χ1n) is 42.7. The molecule has 2 atom stereocenters. The quantitative estimate of drug-likeness (QED) is 0.0272. The Labute approximate surface area is 608 Å². The highest BCUT2D eigenvalue weighted by atomic mass is 16.2. The van der Waals surface area contributed by atoms with E-state index in [4.69, 9.17) is 0 Å². The molecule has 8 amide bonds. The first kappa shape index (κ1) is 94.8. The molecule has 0 aliphatic rings. The van der Waals surface area contributed by atoms with Gasteiger partial charge >= 0.3 is 0 Å². The minimum atomic E-state index is -0.621. The van der Waals surface area contributed by atoms with Gasteiger partial charge in [0.25, 0.3) is 0 Å². The number of nitrogens with one attached hydrogen (secondary N) is 8. The van der Waals surface area contributed by atoms with Gasteiger partial charge in [-0.15, -0.1) is 0 Å². The van der Waals surface area contributed by atoms with Crippen LogP contribution in [0.25, 0.3) is 0 Å². The fraction of sp³-hybridized carbons (Fsp3) is 0.904. The Hall–Kier alpha value is -4.24. The largest absolute Gasteiger partial charge is 0.356 e. The summed E-state index contributed by atoms with van der Waals surface area (Å²) in [6.07, 6.45) is 65.6. The number of unbranched alkanes of at least 4 members (excludes halogenated alkanes) is 46. The van der Waals surface area contributed by atoms with Gasteiger partial charge in [0.1, 0.15) is 12.1 Å². The lowest BCUT2D eigenvalue weighted by atomic mass is 10.0. The maximum absolute atomic E-state index is 13.5. The molecule has 0 aliphatic carbocycles. The second kappa shape index (κ2) is 76.4. The van der Waals surface area contributed by atoms with Crippen LogP contribution in [0.4, 0.5) is 0 Å². The van der Waals surface area contributed by atoms with E-state index < -0.39 is 12.1 Å². The van der Waals surface area contributed by atoms with E-state index >= 15 is 0 Å². The molecule has 0 aromatic heterocycles. The highest BCUT2D eigenvalue weighted by Gasteiger charge is 2.22. The fourth-order valence-corrected chi connectivity index (χ4v) is 13.0. The maximum Gasteiger partial charge on any atom is 0.242 e. The SMILES string of the molecule is CCCCCCCCCCCCCC(=O)NCCCCC(NC(=O)CCCCCCCCCCCCC)C(=O)NCCCCCNC(=O)CCCC(=O)NCCCCCNC(=O)C(CCCCNC(=O)CCCCCCCCCCCCC)NC(=O)CCCCCCCCCCCCC. The molecule has 0 aromatic rings. The van der Waals surface area contributed by atoms with Gasteiger partial charge in [-0.1, -0.05) is 285 Å². The van der Waals surface area contributed by atoms with Crippen molar-refractivity contribution in [3.63, 3.8) is 0 Å². The van der Waals surface area contributed by atoms with Gasteiger partial charge in [-0.05, 0) is 109 Å². The molecule has 0 spiro atoms. The van der Waals surface area contributed by atoms with Crippen LogP contribution in [-0.2, 0) is 38.4 Å². The van der Waals surface area contributed by atoms with Gasteiger partial charge in [0.05, 0.1) is 0 Å². The standard InChI is InChI=1S/C83H160N8O8/c1-5-9-13-17-21-25-29-33-37-41-47-62-76(92)86-70-57-51-60-74(90-80(96)64-49-43-39-35-31-27-23-19-15-11-7-3)82(98)88-72-55-45-53-68-84-78(94)66-59-67-79(95)85-69-54-46-56-73-89-83(99)75(91-81(97)65-50-44-40-36-32-28-24-20-16-12-8-4)61-52-58-71-87-77(93)63-48-42-38-34-30-26-22-18-14-10-6-2/h74-75H,5-73H2,1-4H3,(H,84,94)(H,85,95)(H,86,92)(H,87,93)(H,88,98)(H,89,99)(H,90,96)(H,91,97). The predicted molar refractivity (Wildman–Crippen MR) is 415 cm³/mol. The smallest absolute Gasteiger partial charge is 0.242 e. The molecule has 0 saturated carbocycles. The van der Waals surface area contributed by atoms with Crippen molar-refractivity contribution in [2.24, 2.45) is 0 Å². The first-order valence-corrected chi connectivity index (χ1v) is 42.7. The van der Waals surface area contributed by atoms with E-state index in [1.807, 2.05) is 0 Å². The van der Waals surface area contributed by atoms with Crippen LogP contribution in [0.1, 0.15) is 432 Å². The van der Waals surface area contributed by atoms with E-state index in [-0.39, 0.29) is 60.1 Å². The van der Waals surface area contributed by atoms with Crippen LogP contribution in [0.3, 0.4) is 0 Å². The highest BCUT2D eigenvalue weighted by molar-refractivity contribution is 5.88. The first-order chi connectivity index (χ1) is 48.5. The number of hydrogen-bond acceptors (Lipinski definition) is 8. The molecule has 8 N–H and O–H groups in total. The van der Waals surface area contributed by atoms with Gasteiger partial charge < -0.3 is 42.5 Å². The maximum atomic E-state index is 13.5. The average Bonchev–Trinajstić information content (AvgIpc) is 1.99. The predicted octanol–water partition coefficient (Wildman–Crippen LogP) is 19.3. The third kappa shape index (κ3) is 70.6. The molecule has 0 bridgehead atoms. The number of rotatable bonds is 78. The van der Waals surface area contributed by atoms with E-state index in [9.17, 15) is 38.4 Å². The number of amides is 8. The Morgan fingerprint density at radius 1 is 0.182 bits per heavy atom. The van der Waals surface area contributed by atoms with E-state index in [0.29, 0.717) is 97.1 Å². The van der Waals surface area contributed by atoms with Gasteiger partial charge in [0.15, 0.2) is 0 Å². The number of hydrogen-bond donors (Lipinski definition) is 8. The van der Waals surface area contributed by atoms with Crippen molar-refractivity contribution >= 4 is 47.3 Å². The zero-order valence-corrected chi connectivity index (χ0v) is 65.2. The fourth-order valence-electron chi connectivity index (χ4n) is 13.0. The molecular formula is C83H160N8O8. The van der Waals surface area contributed by atoms with Gasteiger partial charge in [-0.2, -0.15) is 0 Å². The van der Waals surface area contributed by atoms with E-state index in [1.54, 1.807) is 0 Å². The van der Waals surface area contributed by atoms with Crippen molar-refractivity contribution in [2.75, 3.05) is 39.3 Å². The molecule has 0 fully saturated rings. The van der Waals surface area contributed by atoms with E-state index in [0.717, 1.165) is 116 Å². The van der Waals surface area contributed by atoms with Crippen LogP contribution in [0, 0.1) is 0 Å². The Bertz CT molecular complexity index is 1760. The molecule has 2 unspecified atom stereocenters. The van der Waals surface area contributed by atoms with Crippen LogP contribution in [0.2, 0.25) is 0 Å². The summed E-state index contributed by atoms with van der Waals surface area (Å²) < 4.78 is 0. The summed E-state index contributed by atoms with van der Waals surface area (Å²) in [7, 11) is 0. The molecule has 0 rings (SSSR count). The third-order valence-corrected chi connectivity index (χ3v) is 19.6. The molecule has 0 saturated heterocycles. The zero-order valence-electron chi connectivity index (χ0n) is 65.2. The van der Waals surface area contributed by atoms with Crippen LogP contribution in [0.15, 0.2) is 0 Å². The minimum Gasteiger partial charge on any atom is -0.356 e. The van der Waals surface area contributed by atoms with Crippen molar-refractivity contribution in [1.29, 1.82) is 0 Å². The minimum absolute atomic E-state index is 0.0840. The van der Waals surface area contributed by atoms with Crippen molar-refractivity contribution in [3.05, 3.63) is 0 Å². The second-order valence-corrected chi connectivity index (χ2v) is 29.3. The lowest BCUT2D eigenvalue weighted by Gasteiger charge is -2.19. The van der Waals surface area contributed by atoms with Crippen molar-refractivity contribution in [1.82, 2.24) is 42.5 Å². The molecule has 99 heavy (non-hydrogen) atoms. The molecule has 0 aromatic carbocycles. The number of carbonyl (C=O) groups excluding carboxylic acids is 8. The van der Waals surface area contributed by atoms with Crippen LogP contribution < -0.4 is 42.5 Å². The van der Waals surface area contributed by atoms with Gasteiger partial charge in [0, 0.05) is 77.8 Å². The van der Waals surface area contributed by atoms with Gasteiger partial charge in [-0.3, -0.25) is 38.4 Å². The Morgan fingerprint density at radius 3 is 0.586 bits per heavy atom. The summed E-state index contributed by atoms with van der Waals surface area (Å²) >= 11 is 0. The topological polar surface area (TPSA) is 233 Å². The molecule has 16 heteroatoms. The van der Waals surface area contributed by atoms with Crippen molar-refractivity contribution in [3.8, 4) is 0 Å². The summed E-state index contributed by atoms with van der Waals surface area (Å²) in [5.74, 6) is -0.519. The zero-order chi connectivity index (χ0) is 72.2. The Balaban J connectivity index is 4.65. The van der Waals surface area contributed by atoms with E-state index in [1.165, 1.54) is 218 Å². The molecule has 0 heterocycles. The van der Waals surface area contributed by atoms with Crippen molar-refractivity contribution < 1.29 is 38.4 Å². The summed E-state index contributed by atoms with van der Waals surface area (Å²) in [6.45, 7) is 12.1. The van der Waals surface area contributed by atoms with Crippen LogP contribution >= 0.6 is 0 Å². The molecule has 580 valence electrons. The normalized spacial score (nSPS) is 11.8. The van der Waals surface area contributed by atoms with Crippen LogP contribution in [-0.4, -0.2) is 98.6 Å². The van der Waals surface area contributed by atoms with E-state index in [2.05, 4.69) is 70.2 Å². The summed E-state index contributed by atoms with van der Waals surface area (Å²) in [6, 6.07) is -1.24. The van der Waals surface area contributed by atoms with Gasteiger partial charge in [-0.25, -0.2) is 0 Å². The highest BCUT2D eigenvalue weighted by Crippen LogP contribution is 2.17. The lowest BCUT2D eigenvalue weighted by Crippen LogP contribution is -2.47. The summed E-state index contributed by atoms with van der Waals surface area (Å²) in [4.78, 5) is 103. The molecule has 16 nitrogen and oxygen atoms in total. The second-order valence-electron chi connectivity index (χ2n) is 29.3. The van der Waals surface area contributed by atoms with Crippen LogP contribution in [0.5, 0.6) is 0 Å². The molecular weight excluding hydrogens is 1240 g/mol. The lowest BCUT2D eigenvalue weighted by molar-refractivity contribution is -0.129. The monoisotopic (exact) mass is 1400 g/mol. The summed E-state index contributed by atoms with van der Waals surface area (Å²) in [5.41, 5.74) is 0. The molecule has 0 aliphatic heterocycles. The number of carbonyl (C=O) groups is 8. The summed E-state index contributed by atoms with van der Waals surface area (Å²) in [5, 5.41) is 24.2.